The van der Waals surface area contributed by atoms with Crippen molar-refractivity contribution in [2.45, 2.75) is 150 Å². The Morgan fingerprint density at radius 1 is 1.00 bits per heavy atom. The predicted molar refractivity (Wildman–Crippen MR) is 168 cm³/mol. The first-order chi connectivity index (χ1) is 20.5. The van der Waals surface area contributed by atoms with Gasteiger partial charge in [0, 0.05) is 42.9 Å². The second kappa shape index (κ2) is 11.6. The van der Waals surface area contributed by atoms with Gasteiger partial charge in [0.05, 0.1) is 12.2 Å². The number of carbonyl (C=O) groups excluding carboxylic acids is 4. The van der Waals surface area contributed by atoms with Crippen LogP contribution >= 0.6 is 0 Å². The molecular weight excluding hydrogens is 576 g/mol. The molecule has 0 saturated heterocycles. The summed E-state index contributed by atoms with van der Waals surface area (Å²) in [5.74, 6) is -2.61. The number of fused-ring (bicyclic) bond motifs is 5. The molecule has 3 N–H and O–H groups in total. The van der Waals surface area contributed by atoms with E-state index in [0.717, 1.165) is 5.57 Å². The van der Waals surface area contributed by atoms with E-state index in [-0.39, 0.29) is 55.7 Å². The van der Waals surface area contributed by atoms with Gasteiger partial charge in [0.1, 0.15) is 23.1 Å². The van der Waals surface area contributed by atoms with E-state index in [4.69, 9.17) is 9.47 Å². The number of esters is 2. The molecule has 3 fully saturated rings. The number of aliphatic hydroxyl groups excluding tert-OH is 2. The topological polar surface area (TPSA) is 147 Å². The Hall–Kier alpha value is -2.10. The molecule has 0 aliphatic heterocycles. The van der Waals surface area contributed by atoms with E-state index in [1.165, 1.54) is 13.8 Å². The number of hydrogen-bond donors (Lipinski definition) is 3. The number of aliphatic hydroxyl groups is 3. The summed E-state index contributed by atoms with van der Waals surface area (Å²) in [5, 5.41) is 35.0. The fourth-order valence-electron chi connectivity index (χ4n) is 10.5. The first-order valence-electron chi connectivity index (χ1n) is 16.8. The minimum Gasteiger partial charge on any atom is -0.460 e. The van der Waals surface area contributed by atoms with E-state index in [0.29, 0.717) is 19.3 Å². The van der Waals surface area contributed by atoms with Gasteiger partial charge >= 0.3 is 11.9 Å². The normalized spacial score (nSPS) is 40.3. The van der Waals surface area contributed by atoms with Gasteiger partial charge in [-0.2, -0.15) is 0 Å². The summed E-state index contributed by atoms with van der Waals surface area (Å²) in [6.45, 7) is 18.1. The van der Waals surface area contributed by atoms with Crippen LogP contribution in [0.2, 0.25) is 0 Å². The summed E-state index contributed by atoms with van der Waals surface area (Å²) in [6, 6.07) is 0. The van der Waals surface area contributed by atoms with Crippen LogP contribution in [0.3, 0.4) is 0 Å². The number of carbonyl (C=O) groups is 4. The molecule has 45 heavy (non-hydrogen) atoms. The standard InChI is InChI=1S/C36H56O9/c1-11-12-28(42)44-30-23(38)17-22-21(32(30,5)6)13-14-25-33(7)18-24(39)29(34(33,8)19-27(41)35(22,25)9)36(10,43)26(40)15-16-31(3,4)45-20(2)37/h13,22-25,29-30,38-39,43H,11-12,14-19H2,1-10H3/t22-,23+,24-,25+,29?,30-,33+,34-,35+,36+/m1/s1. The van der Waals surface area contributed by atoms with Crippen LogP contribution in [0.4, 0.5) is 0 Å². The highest BCUT2D eigenvalue weighted by atomic mass is 16.6. The molecule has 0 heterocycles. The van der Waals surface area contributed by atoms with E-state index < -0.39 is 68.8 Å². The Morgan fingerprint density at radius 2 is 1.62 bits per heavy atom. The summed E-state index contributed by atoms with van der Waals surface area (Å²) in [4.78, 5) is 52.2. The van der Waals surface area contributed by atoms with Crippen LogP contribution in [-0.2, 0) is 28.7 Å². The third kappa shape index (κ3) is 5.52. The van der Waals surface area contributed by atoms with E-state index in [1.807, 2.05) is 34.6 Å². The van der Waals surface area contributed by atoms with Crippen molar-refractivity contribution in [2.75, 3.05) is 0 Å². The lowest BCUT2D eigenvalue weighted by Gasteiger charge is -2.65. The highest BCUT2D eigenvalue weighted by Crippen LogP contribution is 2.74. The Bertz CT molecular complexity index is 1260. The Morgan fingerprint density at radius 3 is 2.20 bits per heavy atom. The monoisotopic (exact) mass is 632 g/mol. The Balaban J connectivity index is 1.68. The molecular formula is C36H56O9. The minimum absolute atomic E-state index is 0.00541. The van der Waals surface area contributed by atoms with Crippen molar-refractivity contribution in [1.82, 2.24) is 0 Å². The molecule has 0 amide bonds. The molecule has 9 nitrogen and oxygen atoms in total. The third-order valence-corrected chi connectivity index (χ3v) is 12.8. The van der Waals surface area contributed by atoms with Crippen LogP contribution in [0, 0.1) is 39.4 Å². The van der Waals surface area contributed by atoms with Gasteiger partial charge in [-0.1, -0.05) is 53.2 Å². The predicted octanol–water partition coefficient (Wildman–Crippen LogP) is 4.87. The van der Waals surface area contributed by atoms with Gasteiger partial charge < -0.3 is 24.8 Å². The molecule has 0 aromatic heterocycles. The number of ketones is 2. The molecule has 4 aliphatic rings. The highest BCUT2D eigenvalue weighted by Gasteiger charge is 2.74. The van der Waals surface area contributed by atoms with Gasteiger partial charge in [-0.15, -0.1) is 0 Å². The zero-order valence-electron chi connectivity index (χ0n) is 29.0. The van der Waals surface area contributed by atoms with Gasteiger partial charge in [-0.25, -0.2) is 0 Å². The molecule has 4 aliphatic carbocycles. The molecule has 0 bridgehead atoms. The van der Waals surface area contributed by atoms with Crippen molar-refractivity contribution < 1.29 is 44.0 Å². The molecule has 1 unspecified atom stereocenters. The lowest BCUT2D eigenvalue weighted by molar-refractivity contribution is -0.192. The number of ether oxygens (including phenoxy) is 2. The van der Waals surface area contributed by atoms with Crippen molar-refractivity contribution in [1.29, 1.82) is 0 Å². The van der Waals surface area contributed by atoms with Crippen molar-refractivity contribution in [3.05, 3.63) is 11.6 Å². The summed E-state index contributed by atoms with van der Waals surface area (Å²) in [6.07, 6.45) is 1.81. The second-order valence-corrected chi connectivity index (χ2v) is 16.6. The number of allylic oxidation sites excluding steroid dienone is 1. The average Bonchev–Trinajstić information content (AvgIpc) is 3.10. The molecule has 9 heteroatoms. The molecule has 10 atom stereocenters. The molecule has 3 saturated carbocycles. The van der Waals surface area contributed by atoms with Crippen molar-refractivity contribution in [2.24, 2.45) is 39.4 Å². The summed E-state index contributed by atoms with van der Waals surface area (Å²) >= 11 is 0. The largest absolute Gasteiger partial charge is 0.460 e. The SMILES string of the molecule is CCCC(=O)O[C@@H]1[C@@H](O)C[C@@H]2C(=CC[C@@H]3[C@@]2(C)C(=O)C[C@]2(C)C([C@@](C)(O)C(=O)CCC(C)(C)OC(C)=O)[C@H](O)C[C@@]32C)C1(C)C. The van der Waals surface area contributed by atoms with Gasteiger partial charge in [0.2, 0.25) is 0 Å². The minimum atomic E-state index is -1.92. The van der Waals surface area contributed by atoms with Gasteiger partial charge in [0.25, 0.3) is 0 Å². The van der Waals surface area contributed by atoms with Crippen molar-refractivity contribution >= 4 is 23.5 Å². The van der Waals surface area contributed by atoms with Crippen LogP contribution in [0.15, 0.2) is 11.6 Å². The van der Waals surface area contributed by atoms with E-state index in [2.05, 4.69) is 13.0 Å². The van der Waals surface area contributed by atoms with Crippen LogP contribution in [0.5, 0.6) is 0 Å². The second-order valence-electron chi connectivity index (χ2n) is 16.6. The summed E-state index contributed by atoms with van der Waals surface area (Å²) in [7, 11) is 0. The smallest absolute Gasteiger partial charge is 0.306 e. The number of rotatable bonds is 9. The lowest BCUT2D eigenvalue weighted by atomic mass is 9.38. The van der Waals surface area contributed by atoms with Crippen LogP contribution < -0.4 is 0 Å². The Labute approximate surface area is 268 Å². The number of hydrogen-bond acceptors (Lipinski definition) is 9. The van der Waals surface area contributed by atoms with Gasteiger partial charge in [-0.3, -0.25) is 19.2 Å². The number of Topliss-reactive ketones (excluding diaryl/α,β-unsaturated/α-hetero) is 2. The molecule has 4 rings (SSSR count). The fourth-order valence-corrected chi connectivity index (χ4v) is 10.5. The summed E-state index contributed by atoms with van der Waals surface area (Å²) < 4.78 is 11.2. The first-order valence-corrected chi connectivity index (χ1v) is 16.8. The van der Waals surface area contributed by atoms with E-state index >= 15 is 0 Å². The van der Waals surface area contributed by atoms with Crippen molar-refractivity contribution in [3.63, 3.8) is 0 Å². The third-order valence-electron chi connectivity index (χ3n) is 12.8. The Kier molecular flexibility index (Phi) is 9.18. The highest BCUT2D eigenvalue weighted by molar-refractivity contribution is 5.90. The molecule has 0 spiro atoms. The van der Waals surface area contributed by atoms with Crippen LogP contribution in [0.1, 0.15) is 121 Å². The molecule has 0 aromatic carbocycles. The van der Waals surface area contributed by atoms with Gasteiger partial charge in [-0.05, 0) is 75.5 Å². The zero-order chi connectivity index (χ0) is 34.1. The average molecular weight is 633 g/mol. The maximum Gasteiger partial charge on any atom is 0.306 e. The first kappa shape index (κ1) is 35.7. The quantitative estimate of drug-likeness (QED) is 0.239. The van der Waals surface area contributed by atoms with Crippen LogP contribution in [0.25, 0.3) is 0 Å². The fraction of sp³-hybridized carbons (Fsp3) is 0.833. The van der Waals surface area contributed by atoms with Crippen LogP contribution in [-0.4, -0.2) is 68.3 Å². The molecule has 0 aromatic rings. The summed E-state index contributed by atoms with van der Waals surface area (Å²) in [5.41, 5.74) is -4.82. The lowest BCUT2D eigenvalue weighted by Crippen LogP contribution is -2.66. The molecule has 254 valence electrons. The molecule has 0 radical (unpaired) electrons. The van der Waals surface area contributed by atoms with E-state index in [1.54, 1.807) is 13.8 Å². The maximum absolute atomic E-state index is 14.6. The maximum atomic E-state index is 14.6. The van der Waals surface area contributed by atoms with Gasteiger partial charge in [0.15, 0.2) is 5.78 Å². The van der Waals surface area contributed by atoms with Crippen molar-refractivity contribution in [3.8, 4) is 0 Å². The zero-order valence-corrected chi connectivity index (χ0v) is 29.0. The van der Waals surface area contributed by atoms with E-state index in [9.17, 15) is 34.5 Å².